The molecular formula is C5H9N3O. The highest BCUT2D eigenvalue weighted by Crippen LogP contribution is 1.95. The third-order valence-electron chi connectivity index (χ3n) is 1.27. The number of nitrogens with two attached hydrogens (primary N) is 1. The van der Waals surface area contributed by atoms with Crippen molar-refractivity contribution in [3.8, 4) is 0 Å². The van der Waals surface area contributed by atoms with Gasteiger partial charge in [-0.2, -0.15) is 0 Å². The van der Waals surface area contributed by atoms with Crippen LogP contribution in [0.1, 0.15) is 0 Å². The van der Waals surface area contributed by atoms with E-state index in [1.807, 2.05) is 0 Å². The predicted octanol–water partition coefficient (Wildman–Crippen LogP) is -0.560. The Balaban J connectivity index is 2.69. The van der Waals surface area contributed by atoms with Gasteiger partial charge in [-0.15, -0.1) is 0 Å². The summed E-state index contributed by atoms with van der Waals surface area (Å²) in [6, 6.07) is -0.162. The van der Waals surface area contributed by atoms with Crippen molar-refractivity contribution in [3.63, 3.8) is 0 Å². The molecule has 50 valence electrons. The molecule has 4 heteroatoms. The van der Waals surface area contributed by atoms with E-state index in [-0.39, 0.29) is 12.2 Å². The number of amides is 2. The number of hydrogen-bond donors (Lipinski definition) is 2. The normalized spacial score (nSPS) is 26.2. The van der Waals surface area contributed by atoms with Crippen LogP contribution in [-0.2, 0) is 0 Å². The van der Waals surface area contributed by atoms with Crippen LogP contribution in [0.15, 0.2) is 12.3 Å². The topological polar surface area (TPSA) is 58.4 Å². The second-order valence-corrected chi connectivity index (χ2v) is 1.91. The first-order valence-corrected chi connectivity index (χ1v) is 2.67. The molecule has 0 saturated heterocycles. The average molecular weight is 127 g/mol. The molecule has 0 radical (unpaired) electrons. The second-order valence-electron chi connectivity index (χ2n) is 1.91. The molecule has 0 saturated carbocycles. The number of hydrogen-bond acceptors (Lipinski definition) is 2. The monoisotopic (exact) mass is 127 g/mol. The van der Waals surface area contributed by atoms with Gasteiger partial charge in [0, 0.05) is 13.2 Å². The minimum absolute atomic E-state index is 0.162. The molecule has 9 heavy (non-hydrogen) atoms. The first-order chi connectivity index (χ1) is 4.22. The molecule has 0 aromatic rings. The Hall–Kier alpha value is -1.03. The Morgan fingerprint density at radius 3 is 3.00 bits per heavy atom. The van der Waals surface area contributed by atoms with Crippen molar-refractivity contribution in [2.24, 2.45) is 5.73 Å². The zero-order valence-electron chi connectivity index (χ0n) is 5.16. The summed E-state index contributed by atoms with van der Waals surface area (Å²) in [6.07, 6.45) is 2.98. The van der Waals surface area contributed by atoms with Crippen LogP contribution in [0.3, 0.4) is 0 Å². The van der Waals surface area contributed by atoms with E-state index >= 15 is 0 Å². The van der Waals surface area contributed by atoms with Crippen molar-refractivity contribution >= 4 is 6.03 Å². The van der Waals surface area contributed by atoms with Crippen LogP contribution in [-0.4, -0.2) is 24.1 Å². The Bertz CT molecular complexity index is 154. The molecule has 1 atom stereocenters. The summed E-state index contributed by atoms with van der Waals surface area (Å²) in [4.78, 5) is 12.1. The smallest absolute Gasteiger partial charge is 0.315 e. The van der Waals surface area contributed by atoms with Gasteiger partial charge in [0.15, 0.2) is 0 Å². The summed E-state index contributed by atoms with van der Waals surface area (Å²) >= 11 is 0. The Kier molecular flexibility index (Phi) is 1.40. The van der Waals surface area contributed by atoms with Gasteiger partial charge in [-0.1, -0.05) is 0 Å². The quantitative estimate of drug-likeness (QED) is 0.458. The van der Waals surface area contributed by atoms with Crippen molar-refractivity contribution in [2.45, 2.75) is 6.17 Å². The van der Waals surface area contributed by atoms with Crippen LogP contribution >= 0.6 is 0 Å². The van der Waals surface area contributed by atoms with Crippen molar-refractivity contribution in [2.75, 3.05) is 7.05 Å². The van der Waals surface area contributed by atoms with Gasteiger partial charge >= 0.3 is 6.03 Å². The fraction of sp³-hybridized carbons (Fsp3) is 0.400. The maximum Gasteiger partial charge on any atom is 0.322 e. The molecule has 2 amide bonds. The molecule has 1 rings (SSSR count). The second kappa shape index (κ2) is 2.06. The molecule has 1 aliphatic heterocycles. The summed E-state index contributed by atoms with van der Waals surface area (Å²) in [5, 5.41) is 2.49. The number of nitrogens with zero attached hydrogens (tertiary/aromatic N) is 1. The summed E-state index contributed by atoms with van der Waals surface area (Å²) in [5.41, 5.74) is 5.45. The first kappa shape index (κ1) is 6.10. The molecule has 0 aromatic carbocycles. The average Bonchev–Trinajstić information content (AvgIpc) is 1.83. The molecule has 0 fully saturated rings. The van der Waals surface area contributed by atoms with Gasteiger partial charge in [-0.25, -0.2) is 4.79 Å². The molecule has 0 aromatic heterocycles. The molecule has 0 unspecified atom stereocenters. The van der Waals surface area contributed by atoms with Crippen LogP contribution in [0.25, 0.3) is 0 Å². The fourth-order valence-corrected chi connectivity index (χ4v) is 0.584. The minimum Gasteiger partial charge on any atom is -0.315 e. The fourth-order valence-electron chi connectivity index (χ4n) is 0.584. The lowest BCUT2D eigenvalue weighted by molar-refractivity contribution is 0.200. The highest BCUT2D eigenvalue weighted by Gasteiger charge is 2.15. The first-order valence-electron chi connectivity index (χ1n) is 2.67. The highest BCUT2D eigenvalue weighted by atomic mass is 16.2. The third kappa shape index (κ3) is 1.02. The number of urea groups is 1. The molecule has 0 bridgehead atoms. The zero-order valence-corrected chi connectivity index (χ0v) is 5.16. The molecule has 1 heterocycles. The van der Waals surface area contributed by atoms with Gasteiger partial charge in [0.25, 0.3) is 0 Å². The Labute approximate surface area is 53.3 Å². The third-order valence-corrected chi connectivity index (χ3v) is 1.27. The van der Waals surface area contributed by atoms with Crippen LogP contribution in [0.4, 0.5) is 4.79 Å². The lowest BCUT2D eigenvalue weighted by Gasteiger charge is -2.24. The standard InChI is InChI=1S/C5H9N3O/c1-8-4(6)2-3-7-5(8)9/h2-4H,6H2,1H3,(H,7,9)/t4-/m1/s1. The van der Waals surface area contributed by atoms with Gasteiger partial charge < -0.3 is 16.0 Å². The van der Waals surface area contributed by atoms with E-state index in [4.69, 9.17) is 5.73 Å². The van der Waals surface area contributed by atoms with Crippen molar-refractivity contribution in [3.05, 3.63) is 12.3 Å². The lowest BCUT2D eigenvalue weighted by atomic mass is 10.4. The lowest BCUT2D eigenvalue weighted by Crippen LogP contribution is -2.48. The van der Waals surface area contributed by atoms with Crippen LogP contribution in [0.5, 0.6) is 0 Å². The summed E-state index contributed by atoms with van der Waals surface area (Å²) in [7, 11) is 1.64. The zero-order chi connectivity index (χ0) is 6.85. The van der Waals surface area contributed by atoms with E-state index in [1.54, 1.807) is 19.3 Å². The number of nitrogens with one attached hydrogen (secondary N) is 1. The number of likely N-dealkylation sites (N-methyl/N-ethyl adjacent to an activating group) is 1. The van der Waals surface area contributed by atoms with E-state index in [0.29, 0.717) is 0 Å². The number of carbonyl (C=O) groups excluding carboxylic acids is 1. The maximum absolute atomic E-state index is 10.7. The van der Waals surface area contributed by atoms with Crippen molar-refractivity contribution < 1.29 is 4.79 Å². The summed E-state index contributed by atoms with van der Waals surface area (Å²) in [6.45, 7) is 0. The van der Waals surface area contributed by atoms with E-state index in [0.717, 1.165) is 0 Å². The predicted molar refractivity (Wildman–Crippen MR) is 33.4 cm³/mol. The SMILES string of the molecule is CN1C(=O)NC=C[C@@H]1N. The Morgan fingerprint density at radius 1 is 1.89 bits per heavy atom. The van der Waals surface area contributed by atoms with E-state index < -0.39 is 0 Å². The summed E-state index contributed by atoms with van der Waals surface area (Å²) < 4.78 is 0. The van der Waals surface area contributed by atoms with E-state index in [2.05, 4.69) is 5.32 Å². The van der Waals surface area contributed by atoms with Gasteiger partial charge in [0.1, 0.15) is 6.17 Å². The van der Waals surface area contributed by atoms with Crippen LogP contribution in [0.2, 0.25) is 0 Å². The van der Waals surface area contributed by atoms with E-state index in [1.165, 1.54) is 4.90 Å². The molecule has 0 aliphatic carbocycles. The van der Waals surface area contributed by atoms with E-state index in [9.17, 15) is 4.79 Å². The van der Waals surface area contributed by atoms with Crippen molar-refractivity contribution in [1.82, 2.24) is 10.2 Å². The van der Waals surface area contributed by atoms with Gasteiger partial charge in [0.2, 0.25) is 0 Å². The molecule has 0 spiro atoms. The molecule has 4 nitrogen and oxygen atoms in total. The molecule has 3 N–H and O–H groups in total. The highest BCUT2D eigenvalue weighted by molar-refractivity contribution is 5.76. The van der Waals surface area contributed by atoms with Gasteiger partial charge in [-0.3, -0.25) is 0 Å². The Morgan fingerprint density at radius 2 is 2.56 bits per heavy atom. The number of rotatable bonds is 0. The van der Waals surface area contributed by atoms with Gasteiger partial charge in [0.05, 0.1) is 0 Å². The number of carbonyl (C=O) groups is 1. The molecular weight excluding hydrogens is 118 g/mol. The van der Waals surface area contributed by atoms with Crippen LogP contribution < -0.4 is 11.1 Å². The van der Waals surface area contributed by atoms with Crippen LogP contribution in [0, 0.1) is 0 Å². The largest absolute Gasteiger partial charge is 0.322 e. The minimum atomic E-state index is -0.279. The van der Waals surface area contributed by atoms with Crippen molar-refractivity contribution in [1.29, 1.82) is 0 Å². The summed E-state index contributed by atoms with van der Waals surface area (Å²) in [5.74, 6) is 0. The van der Waals surface area contributed by atoms with Gasteiger partial charge in [-0.05, 0) is 6.08 Å². The maximum atomic E-state index is 10.7. The molecule has 1 aliphatic rings.